The van der Waals surface area contributed by atoms with Gasteiger partial charge in [-0.25, -0.2) is 9.67 Å². The molecule has 0 saturated carbocycles. The van der Waals surface area contributed by atoms with Crippen molar-refractivity contribution in [3.05, 3.63) is 34.0 Å². The number of hydrogen-bond acceptors (Lipinski definition) is 4. The Hall–Kier alpha value is -1.20. The Balaban J connectivity index is 2.21. The van der Waals surface area contributed by atoms with Crippen LogP contribution in [-0.4, -0.2) is 21.8 Å². The molecule has 0 radical (unpaired) electrons. The molecule has 0 aliphatic rings. The Kier molecular flexibility index (Phi) is 4.14. The SMILES string of the molecule is CNC(Cc1ncnn1C(C)C)c1cscc1C. The van der Waals surface area contributed by atoms with E-state index in [-0.39, 0.29) is 0 Å². The summed E-state index contributed by atoms with van der Waals surface area (Å²) in [6.45, 7) is 6.41. The molecule has 1 unspecified atom stereocenters. The third-order valence-corrected chi connectivity index (χ3v) is 4.02. The van der Waals surface area contributed by atoms with E-state index in [4.69, 9.17) is 0 Å². The monoisotopic (exact) mass is 264 g/mol. The highest BCUT2D eigenvalue weighted by atomic mass is 32.1. The van der Waals surface area contributed by atoms with E-state index in [9.17, 15) is 0 Å². The maximum atomic E-state index is 4.38. The molecule has 0 bridgehead atoms. The first-order chi connectivity index (χ1) is 8.63. The number of rotatable bonds is 5. The van der Waals surface area contributed by atoms with E-state index in [0.29, 0.717) is 12.1 Å². The molecule has 18 heavy (non-hydrogen) atoms. The molecule has 2 aromatic rings. The zero-order valence-corrected chi connectivity index (χ0v) is 12.2. The minimum atomic E-state index is 0.304. The van der Waals surface area contributed by atoms with Crippen molar-refractivity contribution in [3.8, 4) is 0 Å². The molecule has 4 nitrogen and oxygen atoms in total. The molecular weight excluding hydrogens is 244 g/mol. The first-order valence-electron chi connectivity index (χ1n) is 6.21. The molecule has 2 aromatic heterocycles. The van der Waals surface area contributed by atoms with Gasteiger partial charge in [0.1, 0.15) is 12.2 Å². The lowest BCUT2D eigenvalue weighted by molar-refractivity contribution is 0.477. The summed E-state index contributed by atoms with van der Waals surface area (Å²) in [5.41, 5.74) is 2.70. The van der Waals surface area contributed by atoms with Gasteiger partial charge in [0.2, 0.25) is 0 Å². The molecule has 0 aliphatic heterocycles. The molecule has 0 fully saturated rings. The number of hydrogen-bond donors (Lipinski definition) is 1. The Morgan fingerprint density at radius 1 is 1.39 bits per heavy atom. The first kappa shape index (κ1) is 13.2. The molecule has 0 saturated heterocycles. The van der Waals surface area contributed by atoms with Gasteiger partial charge in [0.05, 0.1) is 0 Å². The zero-order valence-electron chi connectivity index (χ0n) is 11.3. The molecule has 5 heteroatoms. The Bertz CT molecular complexity index is 501. The fourth-order valence-electron chi connectivity index (χ4n) is 2.13. The fraction of sp³-hybridized carbons (Fsp3) is 0.538. The molecule has 0 spiro atoms. The number of nitrogens with zero attached hydrogens (tertiary/aromatic N) is 3. The Labute approximate surface area is 112 Å². The van der Waals surface area contributed by atoms with Crippen LogP contribution in [0, 0.1) is 6.92 Å². The summed E-state index contributed by atoms with van der Waals surface area (Å²) < 4.78 is 1.99. The Morgan fingerprint density at radius 3 is 2.72 bits per heavy atom. The van der Waals surface area contributed by atoms with E-state index in [1.807, 2.05) is 11.7 Å². The summed E-state index contributed by atoms with van der Waals surface area (Å²) in [5, 5.41) is 12.1. The number of aryl methyl sites for hydroxylation is 1. The second kappa shape index (κ2) is 5.63. The van der Waals surface area contributed by atoms with Gasteiger partial charge in [0, 0.05) is 18.5 Å². The molecule has 2 heterocycles. The summed E-state index contributed by atoms with van der Waals surface area (Å²) in [6, 6.07) is 0.654. The minimum absolute atomic E-state index is 0.304. The van der Waals surface area contributed by atoms with Crippen molar-refractivity contribution >= 4 is 11.3 Å². The second-order valence-electron chi connectivity index (χ2n) is 4.77. The van der Waals surface area contributed by atoms with Crippen molar-refractivity contribution in [1.29, 1.82) is 0 Å². The molecule has 0 amide bonds. The van der Waals surface area contributed by atoms with E-state index >= 15 is 0 Å². The van der Waals surface area contributed by atoms with Crippen LogP contribution < -0.4 is 5.32 Å². The van der Waals surface area contributed by atoms with Gasteiger partial charge >= 0.3 is 0 Å². The third kappa shape index (κ3) is 2.62. The fourth-order valence-corrected chi connectivity index (χ4v) is 3.03. The van der Waals surface area contributed by atoms with E-state index in [0.717, 1.165) is 12.2 Å². The van der Waals surface area contributed by atoms with Crippen LogP contribution >= 0.6 is 11.3 Å². The van der Waals surface area contributed by atoms with Gasteiger partial charge in [0.25, 0.3) is 0 Å². The molecule has 2 rings (SSSR count). The van der Waals surface area contributed by atoms with E-state index in [2.05, 4.69) is 46.9 Å². The van der Waals surface area contributed by atoms with E-state index in [1.54, 1.807) is 17.7 Å². The van der Waals surface area contributed by atoms with Crippen molar-refractivity contribution in [2.45, 2.75) is 39.3 Å². The highest BCUT2D eigenvalue weighted by Crippen LogP contribution is 2.24. The summed E-state index contributed by atoms with van der Waals surface area (Å²) in [4.78, 5) is 4.38. The smallest absolute Gasteiger partial charge is 0.138 e. The molecule has 98 valence electrons. The topological polar surface area (TPSA) is 42.7 Å². The number of likely N-dealkylation sites (N-methyl/N-ethyl adjacent to an activating group) is 1. The van der Waals surface area contributed by atoms with Gasteiger partial charge < -0.3 is 5.32 Å². The average molecular weight is 264 g/mol. The van der Waals surface area contributed by atoms with Crippen LogP contribution in [0.2, 0.25) is 0 Å². The number of aromatic nitrogens is 3. The van der Waals surface area contributed by atoms with Gasteiger partial charge in [-0.1, -0.05) is 0 Å². The second-order valence-corrected chi connectivity index (χ2v) is 5.51. The van der Waals surface area contributed by atoms with Crippen LogP contribution in [0.15, 0.2) is 17.1 Å². The van der Waals surface area contributed by atoms with Gasteiger partial charge in [-0.15, -0.1) is 0 Å². The van der Waals surface area contributed by atoms with Crippen molar-refractivity contribution in [2.75, 3.05) is 7.05 Å². The molecule has 1 atom stereocenters. The predicted molar refractivity (Wildman–Crippen MR) is 75.0 cm³/mol. The summed E-state index contributed by atoms with van der Waals surface area (Å²) >= 11 is 1.75. The summed E-state index contributed by atoms with van der Waals surface area (Å²) in [5.74, 6) is 1.04. The lowest BCUT2D eigenvalue weighted by Crippen LogP contribution is -2.21. The van der Waals surface area contributed by atoms with Crippen LogP contribution in [0.5, 0.6) is 0 Å². The Morgan fingerprint density at radius 2 is 2.17 bits per heavy atom. The van der Waals surface area contributed by atoms with E-state index < -0.39 is 0 Å². The van der Waals surface area contributed by atoms with Crippen LogP contribution in [0.25, 0.3) is 0 Å². The lowest BCUT2D eigenvalue weighted by atomic mass is 10.0. The molecule has 1 N–H and O–H groups in total. The quantitative estimate of drug-likeness (QED) is 0.903. The third-order valence-electron chi connectivity index (χ3n) is 3.14. The van der Waals surface area contributed by atoms with Crippen LogP contribution in [0.4, 0.5) is 0 Å². The van der Waals surface area contributed by atoms with Gasteiger partial charge in [-0.2, -0.15) is 16.4 Å². The summed E-state index contributed by atoms with van der Waals surface area (Å²) in [7, 11) is 2.00. The molecule has 0 aliphatic carbocycles. The highest BCUT2D eigenvalue weighted by Gasteiger charge is 2.17. The van der Waals surface area contributed by atoms with Gasteiger partial charge in [-0.3, -0.25) is 0 Å². The zero-order chi connectivity index (χ0) is 13.1. The van der Waals surface area contributed by atoms with Gasteiger partial charge in [-0.05, 0) is 49.7 Å². The highest BCUT2D eigenvalue weighted by molar-refractivity contribution is 7.08. The standard InChI is InChI=1S/C13H20N4S/c1-9(2)17-13(15-8-16-17)5-12(14-4)11-7-18-6-10(11)3/h6-9,12,14H,5H2,1-4H3. The summed E-state index contributed by atoms with van der Waals surface area (Å²) in [6.07, 6.45) is 2.51. The number of thiophene rings is 1. The van der Waals surface area contributed by atoms with E-state index in [1.165, 1.54) is 11.1 Å². The maximum Gasteiger partial charge on any atom is 0.138 e. The number of nitrogens with one attached hydrogen (secondary N) is 1. The van der Waals surface area contributed by atoms with Gasteiger partial charge in [0.15, 0.2) is 0 Å². The first-order valence-corrected chi connectivity index (χ1v) is 7.16. The lowest BCUT2D eigenvalue weighted by Gasteiger charge is -2.17. The van der Waals surface area contributed by atoms with Crippen LogP contribution in [-0.2, 0) is 6.42 Å². The molecular formula is C13H20N4S. The van der Waals surface area contributed by atoms with Crippen LogP contribution in [0.1, 0.15) is 42.9 Å². The average Bonchev–Trinajstić information content (AvgIpc) is 2.94. The van der Waals surface area contributed by atoms with Crippen molar-refractivity contribution in [1.82, 2.24) is 20.1 Å². The van der Waals surface area contributed by atoms with Crippen molar-refractivity contribution in [3.63, 3.8) is 0 Å². The van der Waals surface area contributed by atoms with Crippen molar-refractivity contribution in [2.24, 2.45) is 0 Å². The normalized spacial score (nSPS) is 13.2. The maximum absolute atomic E-state index is 4.38. The minimum Gasteiger partial charge on any atom is -0.313 e. The van der Waals surface area contributed by atoms with Crippen LogP contribution in [0.3, 0.4) is 0 Å². The predicted octanol–water partition coefficient (Wildman–Crippen LogP) is 2.73. The largest absolute Gasteiger partial charge is 0.313 e. The molecule has 0 aromatic carbocycles. The van der Waals surface area contributed by atoms with Crippen molar-refractivity contribution < 1.29 is 0 Å².